The molecule has 0 fully saturated rings. The summed E-state index contributed by atoms with van der Waals surface area (Å²) in [7, 11) is 1.67. The molecule has 1 rings (SSSR count). The van der Waals surface area contributed by atoms with E-state index in [-0.39, 0.29) is 12.5 Å². The van der Waals surface area contributed by atoms with Crippen molar-refractivity contribution in [3.8, 4) is 5.75 Å². The zero-order valence-corrected chi connectivity index (χ0v) is 11.2. The second-order valence-corrected chi connectivity index (χ2v) is 4.69. The van der Waals surface area contributed by atoms with E-state index in [9.17, 15) is 5.11 Å². The normalized spacial score (nSPS) is 12.7. The Hall–Kier alpha value is -0.540. The predicted molar refractivity (Wildman–Crippen MR) is 65.7 cm³/mol. The molecule has 0 aliphatic heterocycles. The summed E-state index contributed by atoms with van der Waals surface area (Å²) in [6.45, 7) is 6.18. The molecule has 3 heteroatoms. The van der Waals surface area contributed by atoms with E-state index in [1.54, 1.807) is 7.11 Å². The topological polar surface area (TPSA) is 29.5 Å². The number of aliphatic hydroxyl groups excluding tert-OH is 1. The van der Waals surface area contributed by atoms with Gasteiger partial charge in [-0.05, 0) is 25.5 Å². The molecule has 1 aromatic carbocycles. The number of hydrogen-bond acceptors (Lipinski definition) is 2. The van der Waals surface area contributed by atoms with Crippen LogP contribution in [-0.4, -0.2) is 18.8 Å². The molecule has 0 aromatic heterocycles. The summed E-state index contributed by atoms with van der Waals surface area (Å²) in [5.41, 5.74) is 3.32. The molecule has 0 spiro atoms. The molecule has 0 heterocycles. The van der Waals surface area contributed by atoms with Gasteiger partial charge in [0, 0.05) is 28.1 Å². The van der Waals surface area contributed by atoms with Gasteiger partial charge >= 0.3 is 0 Å². The molecule has 1 aromatic rings. The maximum Gasteiger partial charge on any atom is 0.126 e. The summed E-state index contributed by atoms with van der Waals surface area (Å²) in [4.78, 5) is 0. The Balaban J connectivity index is 3.41. The van der Waals surface area contributed by atoms with Gasteiger partial charge in [0.15, 0.2) is 0 Å². The lowest BCUT2D eigenvalue weighted by atomic mass is 9.94. The number of aryl methyl sites for hydroxylation is 1. The molecule has 1 atom stereocenters. The van der Waals surface area contributed by atoms with E-state index in [2.05, 4.69) is 22.0 Å². The largest absolute Gasteiger partial charge is 0.496 e. The molecule has 15 heavy (non-hydrogen) atoms. The maximum atomic E-state index is 9.23. The van der Waals surface area contributed by atoms with Gasteiger partial charge in [-0.15, -0.1) is 0 Å². The van der Waals surface area contributed by atoms with Crippen LogP contribution in [0.4, 0.5) is 0 Å². The SMILES string of the molecule is COc1c(C)c(Br)cc(C)c1C(C)CO. The smallest absolute Gasteiger partial charge is 0.126 e. The highest BCUT2D eigenvalue weighted by Crippen LogP contribution is 2.36. The lowest BCUT2D eigenvalue weighted by Crippen LogP contribution is -2.06. The van der Waals surface area contributed by atoms with Crippen molar-refractivity contribution in [1.82, 2.24) is 0 Å². The standard InChI is InChI=1S/C12H17BrO2/c1-7-5-10(13)9(3)12(15-4)11(7)8(2)6-14/h5,8,14H,6H2,1-4H3. The molecule has 1 unspecified atom stereocenters. The summed E-state index contributed by atoms with van der Waals surface area (Å²) in [5.74, 6) is 0.982. The first-order valence-corrected chi connectivity index (χ1v) is 5.76. The molecule has 0 radical (unpaired) electrons. The number of halogens is 1. The third-order valence-corrected chi connectivity index (χ3v) is 3.51. The zero-order valence-electron chi connectivity index (χ0n) is 9.60. The van der Waals surface area contributed by atoms with E-state index in [0.29, 0.717) is 0 Å². The molecule has 0 amide bonds. The first-order valence-electron chi connectivity index (χ1n) is 4.97. The van der Waals surface area contributed by atoms with E-state index in [1.165, 1.54) is 0 Å². The average molecular weight is 273 g/mol. The van der Waals surface area contributed by atoms with Crippen LogP contribution in [0.1, 0.15) is 29.5 Å². The van der Waals surface area contributed by atoms with E-state index in [1.807, 2.05) is 20.8 Å². The van der Waals surface area contributed by atoms with Crippen LogP contribution in [0.25, 0.3) is 0 Å². The third kappa shape index (κ3) is 2.34. The van der Waals surface area contributed by atoms with Crippen LogP contribution >= 0.6 is 15.9 Å². The molecule has 1 N–H and O–H groups in total. The molecule has 0 saturated carbocycles. The molecule has 0 saturated heterocycles. The highest BCUT2D eigenvalue weighted by atomic mass is 79.9. The minimum Gasteiger partial charge on any atom is -0.496 e. The quantitative estimate of drug-likeness (QED) is 0.916. The lowest BCUT2D eigenvalue weighted by Gasteiger charge is -2.19. The first-order chi connectivity index (χ1) is 7.02. The number of benzene rings is 1. The average Bonchev–Trinajstić information content (AvgIpc) is 2.21. The Labute approximate surface area is 99.4 Å². The molecular formula is C12H17BrO2. The van der Waals surface area contributed by atoms with E-state index >= 15 is 0 Å². The van der Waals surface area contributed by atoms with Crippen LogP contribution in [-0.2, 0) is 0 Å². The van der Waals surface area contributed by atoms with Crippen molar-refractivity contribution in [3.05, 3.63) is 27.2 Å². The fraction of sp³-hybridized carbons (Fsp3) is 0.500. The van der Waals surface area contributed by atoms with Gasteiger partial charge in [-0.1, -0.05) is 22.9 Å². The summed E-state index contributed by atoms with van der Waals surface area (Å²) in [6, 6.07) is 2.07. The van der Waals surface area contributed by atoms with Crippen LogP contribution in [0, 0.1) is 13.8 Å². The minimum atomic E-state index is 0.103. The summed E-state index contributed by atoms with van der Waals surface area (Å²) >= 11 is 3.50. The molecule has 0 aliphatic rings. The molecule has 84 valence electrons. The zero-order chi connectivity index (χ0) is 11.6. The Morgan fingerprint density at radius 3 is 2.53 bits per heavy atom. The monoisotopic (exact) mass is 272 g/mol. The van der Waals surface area contributed by atoms with Gasteiger partial charge in [-0.25, -0.2) is 0 Å². The fourth-order valence-corrected chi connectivity index (χ4v) is 2.36. The van der Waals surface area contributed by atoms with Crippen LogP contribution in [0.3, 0.4) is 0 Å². The number of hydrogen-bond donors (Lipinski definition) is 1. The van der Waals surface area contributed by atoms with Gasteiger partial charge in [0.25, 0.3) is 0 Å². The Morgan fingerprint density at radius 1 is 1.47 bits per heavy atom. The van der Waals surface area contributed by atoms with Gasteiger partial charge in [0.05, 0.1) is 7.11 Å². The van der Waals surface area contributed by atoms with Gasteiger partial charge in [-0.2, -0.15) is 0 Å². The van der Waals surface area contributed by atoms with E-state index in [0.717, 1.165) is 26.9 Å². The third-order valence-electron chi connectivity index (χ3n) is 2.68. The second kappa shape index (κ2) is 4.99. The molecular weight excluding hydrogens is 256 g/mol. The van der Waals surface area contributed by atoms with Crippen molar-refractivity contribution in [2.45, 2.75) is 26.7 Å². The summed E-state index contributed by atoms with van der Waals surface area (Å²) in [6.07, 6.45) is 0. The summed E-state index contributed by atoms with van der Waals surface area (Å²) < 4.78 is 6.47. The molecule has 0 aliphatic carbocycles. The fourth-order valence-electron chi connectivity index (χ4n) is 1.83. The van der Waals surface area contributed by atoms with Crippen molar-refractivity contribution >= 4 is 15.9 Å². The van der Waals surface area contributed by atoms with E-state index < -0.39 is 0 Å². The minimum absolute atomic E-state index is 0.103. The van der Waals surface area contributed by atoms with Crippen molar-refractivity contribution in [2.24, 2.45) is 0 Å². The second-order valence-electron chi connectivity index (χ2n) is 3.83. The van der Waals surface area contributed by atoms with Crippen LogP contribution in [0.15, 0.2) is 10.5 Å². The van der Waals surface area contributed by atoms with Crippen molar-refractivity contribution in [3.63, 3.8) is 0 Å². The number of ether oxygens (including phenoxy) is 1. The first kappa shape index (κ1) is 12.5. The Morgan fingerprint density at radius 2 is 2.07 bits per heavy atom. The lowest BCUT2D eigenvalue weighted by molar-refractivity contribution is 0.269. The van der Waals surface area contributed by atoms with Crippen molar-refractivity contribution in [2.75, 3.05) is 13.7 Å². The summed E-state index contributed by atoms with van der Waals surface area (Å²) in [5, 5.41) is 9.23. The Bertz CT molecular complexity index is 361. The van der Waals surface area contributed by atoms with Gasteiger partial charge in [0.1, 0.15) is 5.75 Å². The number of rotatable bonds is 3. The van der Waals surface area contributed by atoms with Crippen LogP contribution in [0.2, 0.25) is 0 Å². The van der Waals surface area contributed by atoms with Crippen LogP contribution in [0.5, 0.6) is 5.75 Å². The number of methoxy groups -OCH3 is 1. The van der Waals surface area contributed by atoms with Gasteiger partial charge in [0.2, 0.25) is 0 Å². The predicted octanol–water partition coefficient (Wildman–Crippen LogP) is 3.17. The van der Waals surface area contributed by atoms with Crippen molar-refractivity contribution < 1.29 is 9.84 Å². The van der Waals surface area contributed by atoms with Gasteiger partial charge in [-0.3, -0.25) is 0 Å². The van der Waals surface area contributed by atoms with Crippen LogP contribution < -0.4 is 4.74 Å². The van der Waals surface area contributed by atoms with Crippen molar-refractivity contribution in [1.29, 1.82) is 0 Å². The molecule has 2 nitrogen and oxygen atoms in total. The number of aliphatic hydroxyl groups is 1. The Kier molecular flexibility index (Phi) is 4.17. The molecule has 0 bridgehead atoms. The highest BCUT2D eigenvalue weighted by molar-refractivity contribution is 9.10. The van der Waals surface area contributed by atoms with E-state index in [4.69, 9.17) is 4.74 Å². The highest BCUT2D eigenvalue weighted by Gasteiger charge is 2.17. The van der Waals surface area contributed by atoms with Gasteiger partial charge < -0.3 is 9.84 Å². The maximum absolute atomic E-state index is 9.23.